The van der Waals surface area contributed by atoms with Gasteiger partial charge < -0.3 is 15.5 Å². The van der Waals surface area contributed by atoms with E-state index in [4.69, 9.17) is 0 Å². The zero-order valence-corrected chi connectivity index (χ0v) is 15.0. The van der Waals surface area contributed by atoms with Crippen LogP contribution in [0.1, 0.15) is 48.5 Å². The van der Waals surface area contributed by atoms with Crippen LogP contribution in [0.2, 0.25) is 0 Å². The third-order valence-electron chi connectivity index (χ3n) is 4.65. The van der Waals surface area contributed by atoms with Gasteiger partial charge in [0.25, 0.3) is 5.91 Å². The van der Waals surface area contributed by atoms with E-state index in [2.05, 4.69) is 17.6 Å². The van der Waals surface area contributed by atoms with Crippen molar-refractivity contribution in [1.82, 2.24) is 10.2 Å². The second-order valence-electron chi connectivity index (χ2n) is 6.76. The van der Waals surface area contributed by atoms with Gasteiger partial charge in [-0.25, -0.2) is 0 Å². The largest absolute Gasteiger partial charge is 0.339 e. The second kappa shape index (κ2) is 8.83. The van der Waals surface area contributed by atoms with Crippen molar-refractivity contribution < 1.29 is 9.59 Å². The van der Waals surface area contributed by atoms with Gasteiger partial charge >= 0.3 is 0 Å². The summed E-state index contributed by atoms with van der Waals surface area (Å²) in [6.45, 7) is 6.67. The summed E-state index contributed by atoms with van der Waals surface area (Å²) in [6.07, 6.45) is 3.45. The minimum Gasteiger partial charge on any atom is -0.339 e. The lowest BCUT2D eigenvalue weighted by atomic mass is 9.98. The Bertz CT molecular complexity index is 578. The molecule has 1 aromatic carbocycles. The zero-order valence-electron chi connectivity index (χ0n) is 15.0. The van der Waals surface area contributed by atoms with Crippen LogP contribution in [-0.4, -0.2) is 43.4 Å². The smallest absolute Gasteiger partial charge is 0.253 e. The van der Waals surface area contributed by atoms with Crippen LogP contribution in [0.25, 0.3) is 0 Å². The molecule has 1 aliphatic rings. The van der Waals surface area contributed by atoms with Crippen molar-refractivity contribution in [2.75, 3.05) is 32.0 Å². The first-order valence-corrected chi connectivity index (χ1v) is 8.85. The van der Waals surface area contributed by atoms with Crippen LogP contribution in [0.3, 0.4) is 0 Å². The maximum atomic E-state index is 12.6. The van der Waals surface area contributed by atoms with Gasteiger partial charge in [-0.2, -0.15) is 0 Å². The molecule has 1 aliphatic heterocycles. The Morgan fingerprint density at radius 3 is 2.58 bits per heavy atom. The van der Waals surface area contributed by atoms with Gasteiger partial charge in [0.1, 0.15) is 0 Å². The Kier molecular flexibility index (Phi) is 6.79. The SMILES string of the molecule is CNCCCC(=O)Nc1ccc(C(=O)N2CCC(C)CC2)cc1C. The zero-order chi connectivity index (χ0) is 17.5. The Balaban J connectivity index is 1.96. The summed E-state index contributed by atoms with van der Waals surface area (Å²) < 4.78 is 0. The molecule has 1 heterocycles. The lowest BCUT2D eigenvalue weighted by molar-refractivity contribution is -0.116. The van der Waals surface area contributed by atoms with E-state index in [0.717, 1.165) is 50.1 Å². The molecule has 2 amide bonds. The number of hydrogen-bond acceptors (Lipinski definition) is 3. The fraction of sp³-hybridized carbons (Fsp3) is 0.579. The van der Waals surface area contributed by atoms with Crippen molar-refractivity contribution in [2.24, 2.45) is 5.92 Å². The lowest BCUT2D eigenvalue weighted by Crippen LogP contribution is -2.37. The quantitative estimate of drug-likeness (QED) is 0.788. The van der Waals surface area contributed by atoms with Gasteiger partial charge in [-0.1, -0.05) is 6.92 Å². The molecular weight excluding hydrogens is 302 g/mol. The van der Waals surface area contributed by atoms with Crippen molar-refractivity contribution in [1.29, 1.82) is 0 Å². The standard InChI is InChI=1S/C19H29N3O2/c1-14-8-11-22(12-9-14)19(24)16-6-7-17(15(2)13-16)21-18(23)5-4-10-20-3/h6-7,13-14,20H,4-5,8-12H2,1-3H3,(H,21,23). The van der Waals surface area contributed by atoms with Crippen LogP contribution in [0.15, 0.2) is 18.2 Å². The molecule has 0 unspecified atom stereocenters. The molecule has 2 N–H and O–H groups in total. The first-order chi connectivity index (χ1) is 11.5. The summed E-state index contributed by atoms with van der Waals surface area (Å²) in [4.78, 5) is 26.5. The highest BCUT2D eigenvalue weighted by atomic mass is 16.2. The molecule has 0 atom stereocenters. The molecule has 2 rings (SSSR count). The number of amides is 2. The highest BCUT2D eigenvalue weighted by Gasteiger charge is 2.21. The number of benzene rings is 1. The number of rotatable bonds is 6. The summed E-state index contributed by atoms with van der Waals surface area (Å²) in [5.74, 6) is 0.811. The summed E-state index contributed by atoms with van der Waals surface area (Å²) in [5, 5.41) is 5.96. The Morgan fingerprint density at radius 2 is 1.96 bits per heavy atom. The van der Waals surface area contributed by atoms with E-state index in [9.17, 15) is 9.59 Å². The molecule has 0 bridgehead atoms. The molecule has 5 nitrogen and oxygen atoms in total. The molecule has 0 spiro atoms. The normalized spacial score (nSPS) is 15.4. The topological polar surface area (TPSA) is 61.4 Å². The molecule has 0 aromatic heterocycles. The third-order valence-corrected chi connectivity index (χ3v) is 4.65. The number of hydrogen-bond donors (Lipinski definition) is 2. The van der Waals surface area contributed by atoms with Crippen molar-refractivity contribution in [3.8, 4) is 0 Å². The van der Waals surface area contributed by atoms with Gasteiger partial charge in [0.05, 0.1) is 0 Å². The molecular formula is C19H29N3O2. The van der Waals surface area contributed by atoms with Crippen molar-refractivity contribution in [3.63, 3.8) is 0 Å². The number of likely N-dealkylation sites (tertiary alicyclic amines) is 1. The molecule has 0 saturated carbocycles. The fourth-order valence-electron chi connectivity index (χ4n) is 2.97. The van der Waals surface area contributed by atoms with Crippen molar-refractivity contribution >= 4 is 17.5 Å². The molecule has 0 aliphatic carbocycles. The number of aryl methyl sites for hydroxylation is 1. The maximum Gasteiger partial charge on any atom is 0.253 e. The molecule has 0 radical (unpaired) electrons. The van der Waals surface area contributed by atoms with Crippen LogP contribution < -0.4 is 10.6 Å². The minimum atomic E-state index is 0.0115. The van der Waals surface area contributed by atoms with Gasteiger partial charge in [0.2, 0.25) is 5.91 Å². The summed E-state index contributed by atoms with van der Waals surface area (Å²) in [6, 6.07) is 5.53. The van der Waals surface area contributed by atoms with E-state index < -0.39 is 0 Å². The van der Waals surface area contributed by atoms with Crippen molar-refractivity contribution in [3.05, 3.63) is 29.3 Å². The first kappa shape index (κ1) is 18.5. The van der Waals surface area contributed by atoms with E-state index in [-0.39, 0.29) is 11.8 Å². The van der Waals surface area contributed by atoms with E-state index in [0.29, 0.717) is 17.9 Å². The number of carbonyl (C=O) groups excluding carboxylic acids is 2. The van der Waals surface area contributed by atoms with Gasteiger partial charge in [0.15, 0.2) is 0 Å². The average Bonchev–Trinajstić information content (AvgIpc) is 2.57. The van der Waals surface area contributed by atoms with Crippen molar-refractivity contribution in [2.45, 2.75) is 39.5 Å². The molecule has 132 valence electrons. The molecule has 1 fully saturated rings. The van der Waals surface area contributed by atoms with Gasteiger partial charge in [0, 0.05) is 30.8 Å². The lowest BCUT2D eigenvalue weighted by Gasteiger charge is -2.30. The summed E-state index contributed by atoms with van der Waals surface area (Å²) in [7, 11) is 1.88. The predicted molar refractivity (Wildman–Crippen MR) is 97.3 cm³/mol. The van der Waals surface area contributed by atoms with Crippen LogP contribution in [0.4, 0.5) is 5.69 Å². The maximum absolute atomic E-state index is 12.6. The van der Waals surface area contributed by atoms with E-state index in [1.165, 1.54) is 0 Å². The average molecular weight is 331 g/mol. The number of piperidine rings is 1. The number of anilines is 1. The van der Waals surface area contributed by atoms with Gasteiger partial charge in [-0.15, -0.1) is 0 Å². The first-order valence-electron chi connectivity index (χ1n) is 8.85. The Morgan fingerprint density at radius 1 is 1.25 bits per heavy atom. The molecule has 1 saturated heterocycles. The van der Waals surface area contributed by atoms with Crippen LogP contribution in [-0.2, 0) is 4.79 Å². The van der Waals surface area contributed by atoms with E-state index >= 15 is 0 Å². The Hall–Kier alpha value is -1.88. The minimum absolute atomic E-state index is 0.0115. The number of nitrogens with one attached hydrogen (secondary N) is 2. The number of carbonyl (C=O) groups is 2. The van der Waals surface area contributed by atoms with Crippen LogP contribution in [0, 0.1) is 12.8 Å². The fourth-order valence-corrected chi connectivity index (χ4v) is 2.97. The second-order valence-corrected chi connectivity index (χ2v) is 6.76. The summed E-state index contributed by atoms with van der Waals surface area (Å²) in [5.41, 5.74) is 2.41. The van der Waals surface area contributed by atoms with Crippen LogP contribution in [0.5, 0.6) is 0 Å². The highest BCUT2D eigenvalue weighted by Crippen LogP contribution is 2.21. The van der Waals surface area contributed by atoms with Crippen LogP contribution >= 0.6 is 0 Å². The van der Waals surface area contributed by atoms with Gasteiger partial charge in [-0.3, -0.25) is 9.59 Å². The summed E-state index contributed by atoms with van der Waals surface area (Å²) >= 11 is 0. The van der Waals surface area contributed by atoms with E-state index in [1.807, 2.05) is 37.1 Å². The molecule has 24 heavy (non-hydrogen) atoms. The highest BCUT2D eigenvalue weighted by molar-refractivity contribution is 5.96. The van der Waals surface area contributed by atoms with Gasteiger partial charge in [-0.05, 0) is 69.5 Å². The van der Waals surface area contributed by atoms with E-state index in [1.54, 1.807) is 0 Å². The number of nitrogens with zero attached hydrogens (tertiary/aromatic N) is 1. The molecule has 1 aromatic rings. The predicted octanol–water partition coefficient (Wildman–Crippen LogP) is 2.81. The Labute approximate surface area is 144 Å². The molecule has 5 heteroatoms. The monoisotopic (exact) mass is 331 g/mol. The third kappa shape index (κ3) is 5.06.